The number of aromatic carboxylic acids is 2. The van der Waals surface area contributed by atoms with Crippen molar-refractivity contribution in [3.63, 3.8) is 0 Å². The highest BCUT2D eigenvalue weighted by atomic mass is 16.4. The summed E-state index contributed by atoms with van der Waals surface area (Å²) in [4.78, 5) is 23.2. The van der Waals surface area contributed by atoms with E-state index < -0.39 is 17.4 Å². The van der Waals surface area contributed by atoms with Gasteiger partial charge in [-0.25, -0.2) is 9.59 Å². The molecular formula is C19H14N2O4. The molecule has 25 heavy (non-hydrogen) atoms. The van der Waals surface area contributed by atoms with Crippen molar-refractivity contribution in [1.29, 1.82) is 10.5 Å². The molecule has 0 amide bonds. The lowest BCUT2D eigenvalue weighted by atomic mass is 9.73. The van der Waals surface area contributed by atoms with Gasteiger partial charge in [0.25, 0.3) is 0 Å². The minimum absolute atomic E-state index is 0.0650. The van der Waals surface area contributed by atoms with Gasteiger partial charge < -0.3 is 10.2 Å². The monoisotopic (exact) mass is 334 g/mol. The van der Waals surface area contributed by atoms with E-state index in [2.05, 4.69) is 0 Å². The van der Waals surface area contributed by atoms with Crippen LogP contribution in [0.5, 0.6) is 0 Å². The summed E-state index contributed by atoms with van der Waals surface area (Å²) in [6, 6.07) is 12.3. The predicted octanol–water partition coefficient (Wildman–Crippen LogP) is 3.15. The van der Waals surface area contributed by atoms with E-state index in [0.717, 1.165) is 0 Å². The SMILES string of the molecule is CC(C)(c1ccc(C#N)cc1C(=O)O)c1ccc(C#N)cc1C(=O)O. The molecular weight excluding hydrogens is 320 g/mol. The molecule has 0 aliphatic carbocycles. The van der Waals surface area contributed by atoms with Gasteiger partial charge in [-0.05, 0) is 35.4 Å². The standard InChI is InChI=1S/C19H14N2O4/c1-19(2,15-5-3-11(9-20)7-13(15)17(22)23)16-6-4-12(10-21)8-14(16)18(24)25/h3-8H,1-2H3,(H,22,23)(H,24,25). The van der Waals surface area contributed by atoms with Crippen LogP contribution in [0.4, 0.5) is 0 Å². The van der Waals surface area contributed by atoms with Gasteiger partial charge in [0.15, 0.2) is 0 Å². The van der Waals surface area contributed by atoms with Crippen molar-refractivity contribution in [3.8, 4) is 12.1 Å². The van der Waals surface area contributed by atoms with Crippen molar-refractivity contribution in [2.75, 3.05) is 0 Å². The third kappa shape index (κ3) is 3.19. The van der Waals surface area contributed by atoms with E-state index in [1.807, 2.05) is 12.1 Å². The van der Waals surface area contributed by atoms with Gasteiger partial charge in [0, 0.05) is 5.41 Å². The molecule has 6 nitrogen and oxygen atoms in total. The summed E-state index contributed by atoms with van der Waals surface area (Å²) in [7, 11) is 0. The third-order valence-electron chi connectivity index (χ3n) is 4.10. The van der Waals surface area contributed by atoms with Crippen molar-refractivity contribution in [2.45, 2.75) is 19.3 Å². The summed E-state index contributed by atoms with van der Waals surface area (Å²) in [5, 5.41) is 36.9. The van der Waals surface area contributed by atoms with Crippen LogP contribution in [0.1, 0.15) is 56.8 Å². The van der Waals surface area contributed by atoms with E-state index in [-0.39, 0.29) is 22.3 Å². The highest BCUT2D eigenvalue weighted by molar-refractivity contribution is 5.93. The maximum atomic E-state index is 11.6. The average Bonchev–Trinajstić information content (AvgIpc) is 2.60. The van der Waals surface area contributed by atoms with Gasteiger partial charge in [0.1, 0.15) is 0 Å². The van der Waals surface area contributed by atoms with E-state index in [0.29, 0.717) is 11.1 Å². The van der Waals surface area contributed by atoms with Gasteiger partial charge >= 0.3 is 11.9 Å². The lowest BCUT2D eigenvalue weighted by Gasteiger charge is -2.29. The molecule has 0 bridgehead atoms. The number of hydrogen-bond acceptors (Lipinski definition) is 4. The Balaban J connectivity index is 2.76. The Kier molecular flexibility index (Phi) is 4.58. The van der Waals surface area contributed by atoms with Crippen LogP contribution in [0.2, 0.25) is 0 Å². The zero-order valence-corrected chi connectivity index (χ0v) is 13.6. The molecule has 0 unspecified atom stereocenters. The fourth-order valence-electron chi connectivity index (χ4n) is 2.82. The second-order valence-corrected chi connectivity index (χ2v) is 5.98. The first-order chi connectivity index (χ1) is 11.7. The van der Waals surface area contributed by atoms with Crippen LogP contribution in [-0.2, 0) is 5.41 Å². The molecule has 2 aromatic rings. The van der Waals surface area contributed by atoms with Crippen molar-refractivity contribution in [3.05, 3.63) is 69.8 Å². The molecule has 2 aromatic carbocycles. The van der Waals surface area contributed by atoms with E-state index in [1.165, 1.54) is 36.4 Å². The molecule has 6 heteroatoms. The molecule has 0 saturated carbocycles. The smallest absolute Gasteiger partial charge is 0.336 e. The number of hydrogen-bond donors (Lipinski definition) is 2. The second kappa shape index (κ2) is 6.46. The molecule has 0 spiro atoms. The number of rotatable bonds is 4. The minimum Gasteiger partial charge on any atom is -0.478 e. The van der Waals surface area contributed by atoms with Crippen molar-refractivity contribution in [1.82, 2.24) is 0 Å². The van der Waals surface area contributed by atoms with Crippen LogP contribution >= 0.6 is 0 Å². The summed E-state index contributed by atoms with van der Waals surface area (Å²) < 4.78 is 0. The Bertz CT molecular complexity index is 885. The van der Waals surface area contributed by atoms with Crippen LogP contribution in [0.25, 0.3) is 0 Å². The van der Waals surface area contributed by atoms with Crippen LogP contribution in [0, 0.1) is 22.7 Å². The molecule has 0 heterocycles. The van der Waals surface area contributed by atoms with Crippen LogP contribution in [0.15, 0.2) is 36.4 Å². The molecule has 0 aliphatic heterocycles. The van der Waals surface area contributed by atoms with Gasteiger partial charge in [-0.2, -0.15) is 10.5 Å². The molecule has 0 aliphatic rings. The molecule has 0 radical (unpaired) electrons. The topological polar surface area (TPSA) is 122 Å². The fraction of sp³-hybridized carbons (Fsp3) is 0.158. The lowest BCUT2D eigenvalue weighted by molar-refractivity contribution is 0.0686. The number of benzene rings is 2. The first-order valence-corrected chi connectivity index (χ1v) is 7.28. The quantitative estimate of drug-likeness (QED) is 0.885. The van der Waals surface area contributed by atoms with E-state index in [9.17, 15) is 19.8 Å². The van der Waals surface area contributed by atoms with Crippen molar-refractivity contribution in [2.24, 2.45) is 0 Å². The zero-order chi connectivity index (χ0) is 18.8. The largest absolute Gasteiger partial charge is 0.478 e. The first kappa shape index (κ1) is 17.7. The van der Waals surface area contributed by atoms with E-state index in [4.69, 9.17) is 10.5 Å². The third-order valence-corrected chi connectivity index (χ3v) is 4.10. The second-order valence-electron chi connectivity index (χ2n) is 5.98. The maximum Gasteiger partial charge on any atom is 0.336 e. The Morgan fingerprint density at radius 1 is 0.840 bits per heavy atom. The summed E-state index contributed by atoms with van der Waals surface area (Å²) in [6.07, 6.45) is 0. The van der Waals surface area contributed by atoms with Gasteiger partial charge in [0.05, 0.1) is 34.4 Å². The summed E-state index contributed by atoms with van der Waals surface area (Å²) in [6.45, 7) is 3.41. The number of nitriles is 2. The van der Waals surface area contributed by atoms with E-state index in [1.54, 1.807) is 13.8 Å². The highest BCUT2D eigenvalue weighted by Crippen LogP contribution is 2.36. The molecule has 124 valence electrons. The lowest BCUT2D eigenvalue weighted by Crippen LogP contribution is -2.25. The van der Waals surface area contributed by atoms with Gasteiger partial charge in [0.2, 0.25) is 0 Å². The van der Waals surface area contributed by atoms with Gasteiger partial charge in [-0.3, -0.25) is 0 Å². The molecule has 2 N–H and O–H groups in total. The predicted molar refractivity (Wildman–Crippen MR) is 88.4 cm³/mol. The number of carbonyl (C=O) groups is 2. The number of carboxylic acid groups (broad SMARTS) is 2. The Morgan fingerprint density at radius 2 is 1.20 bits per heavy atom. The van der Waals surface area contributed by atoms with Gasteiger partial charge in [-0.15, -0.1) is 0 Å². The number of carboxylic acids is 2. The maximum absolute atomic E-state index is 11.6. The van der Waals surface area contributed by atoms with Gasteiger partial charge in [-0.1, -0.05) is 26.0 Å². The first-order valence-electron chi connectivity index (χ1n) is 7.28. The zero-order valence-electron chi connectivity index (χ0n) is 13.6. The normalized spacial score (nSPS) is 10.6. The molecule has 0 fully saturated rings. The molecule has 0 aromatic heterocycles. The summed E-state index contributed by atoms with van der Waals surface area (Å²) in [5.74, 6) is -2.41. The van der Waals surface area contributed by atoms with Crippen LogP contribution in [-0.4, -0.2) is 22.2 Å². The van der Waals surface area contributed by atoms with Crippen LogP contribution < -0.4 is 0 Å². The van der Waals surface area contributed by atoms with Crippen LogP contribution in [0.3, 0.4) is 0 Å². The van der Waals surface area contributed by atoms with Crippen molar-refractivity contribution >= 4 is 11.9 Å². The summed E-state index contributed by atoms with van der Waals surface area (Å²) >= 11 is 0. The highest BCUT2D eigenvalue weighted by Gasteiger charge is 2.32. The minimum atomic E-state index is -1.20. The Morgan fingerprint density at radius 3 is 1.48 bits per heavy atom. The molecule has 2 rings (SSSR count). The van der Waals surface area contributed by atoms with E-state index >= 15 is 0 Å². The number of nitrogens with zero attached hydrogens (tertiary/aromatic N) is 2. The van der Waals surface area contributed by atoms with Crippen molar-refractivity contribution < 1.29 is 19.8 Å². The fourth-order valence-corrected chi connectivity index (χ4v) is 2.82. The Hall–Kier alpha value is -3.64. The molecule has 0 saturated heterocycles. The summed E-state index contributed by atoms with van der Waals surface area (Å²) in [5.41, 5.74) is 0.0704. The molecule has 0 atom stereocenters. The average molecular weight is 334 g/mol. The Labute approximate surface area is 144 Å².